The molecule has 1 N–H and O–H groups in total. The Bertz CT molecular complexity index is 1570. The van der Waals surface area contributed by atoms with Crippen LogP contribution in [0.4, 0.5) is 5.69 Å². The Morgan fingerprint density at radius 3 is 2.51 bits per heavy atom. The van der Waals surface area contributed by atoms with Crippen molar-refractivity contribution < 1.29 is 9.53 Å². The van der Waals surface area contributed by atoms with E-state index < -0.39 is 0 Å². The van der Waals surface area contributed by atoms with Gasteiger partial charge in [0.15, 0.2) is 6.73 Å². The summed E-state index contributed by atoms with van der Waals surface area (Å²) in [6, 6.07) is 28.7. The molecule has 0 aliphatic carbocycles. The van der Waals surface area contributed by atoms with Crippen LogP contribution in [0.15, 0.2) is 84.9 Å². The number of carbonyl (C=O) groups is 1. The zero-order valence-corrected chi connectivity index (χ0v) is 20.6. The fraction of sp³-hybridized carbons (Fsp3) is 0.226. The molecule has 37 heavy (non-hydrogen) atoms. The third kappa shape index (κ3) is 3.99. The number of benzene rings is 4. The van der Waals surface area contributed by atoms with E-state index in [1.54, 1.807) is 0 Å². The van der Waals surface area contributed by atoms with Gasteiger partial charge >= 0.3 is 0 Å². The number of piperidine rings is 1. The molecule has 7 rings (SSSR count). The minimum atomic E-state index is 0.0980. The van der Waals surface area contributed by atoms with Gasteiger partial charge in [0.1, 0.15) is 11.6 Å². The Morgan fingerprint density at radius 1 is 0.892 bits per heavy atom. The van der Waals surface area contributed by atoms with Crippen LogP contribution in [-0.2, 0) is 6.54 Å². The van der Waals surface area contributed by atoms with Crippen LogP contribution in [0.3, 0.4) is 0 Å². The number of carbonyl (C=O) groups excluding carboxylic acids is 1. The van der Waals surface area contributed by atoms with E-state index in [0.29, 0.717) is 12.6 Å². The average molecular weight is 489 g/mol. The summed E-state index contributed by atoms with van der Waals surface area (Å²) in [6.45, 7) is 2.76. The molecule has 0 spiro atoms. The molecule has 2 aliphatic rings. The van der Waals surface area contributed by atoms with Gasteiger partial charge < -0.3 is 19.5 Å². The smallest absolute Gasteiger partial charge is 0.253 e. The standard InChI is InChI=1S/C31H28N4O2/c36-31(34-17-15-22(16-18-34)30-32-27-7-3-4-8-28(27)33-30)23-9-12-24(13-10-23)35-19-26-25-6-2-1-5-21(25)11-14-29(26)37-20-35/h1-14,22H,15-20H2,(H,32,33). The summed E-state index contributed by atoms with van der Waals surface area (Å²) in [7, 11) is 0. The molecule has 0 atom stereocenters. The number of nitrogens with one attached hydrogen (secondary N) is 1. The van der Waals surface area contributed by atoms with Gasteiger partial charge in [-0.3, -0.25) is 4.79 Å². The molecular weight excluding hydrogens is 460 g/mol. The number of likely N-dealkylation sites (tertiary alicyclic amines) is 1. The fourth-order valence-electron chi connectivity index (χ4n) is 5.68. The van der Waals surface area contributed by atoms with Crippen LogP contribution in [0.5, 0.6) is 5.75 Å². The molecule has 1 fully saturated rings. The molecule has 6 nitrogen and oxygen atoms in total. The van der Waals surface area contributed by atoms with E-state index in [0.717, 1.165) is 66.3 Å². The van der Waals surface area contributed by atoms with E-state index in [2.05, 4.69) is 52.3 Å². The van der Waals surface area contributed by atoms with Gasteiger partial charge in [-0.05, 0) is 66.1 Å². The summed E-state index contributed by atoms with van der Waals surface area (Å²) in [4.78, 5) is 25.7. The lowest BCUT2D eigenvalue weighted by Gasteiger charge is -2.32. The molecule has 5 aromatic rings. The molecule has 2 aliphatic heterocycles. The maximum absolute atomic E-state index is 13.2. The second-order valence-corrected chi connectivity index (χ2v) is 9.99. The molecule has 1 amide bonds. The first-order chi connectivity index (χ1) is 18.2. The number of ether oxygens (including phenoxy) is 1. The van der Waals surface area contributed by atoms with Crippen LogP contribution in [-0.4, -0.2) is 40.6 Å². The number of amides is 1. The number of para-hydroxylation sites is 2. The number of nitrogens with zero attached hydrogens (tertiary/aromatic N) is 3. The molecule has 6 heteroatoms. The summed E-state index contributed by atoms with van der Waals surface area (Å²) in [5.41, 5.74) is 5.07. The van der Waals surface area contributed by atoms with Crippen LogP contribution in [0, 0.1) is 0 Å². The van der Waals surface area contributed by atoms with Crippen molar-refractivity contribution in [1.82, 2.24) is 14.9 Å². The van der Waals surface area contributed by atoms with E-state index in [1.165, 1.54) is 16.3 Å². The van der Waals surface area contributed by atoms with Crippen molar-refractivity contribution in [3.05, 3.63) is 102 Å². The minimum absolute atomic E-state index is 0.0980. The monoisotopic (exact) mass is 488 g/mol. The zero-order valence-electron chi connectivity index (χ0n) is 20.6. The molecule has 0 bridgehead atoms. The van der Waals surface area contributed by atoms with E-state index in [-0.39, 0.29) is 5.91 Å². The van der Waals surface area contributed by atoms with Gasteiger partial charge in [-0.2, -0.15) is 0 Å². The van der Waals surface area contributed by atoms with Crippen molar-refractivity contribution >= 4 is 33.4 Å². The third-order valence-electron chi connectivity index (χ3n) is 7.78. The molecule has 3 heterocycles. The van der Waals surface area contributed by atoms with Crippen molar-refractivity contribution in [3.63, 3.8) is 0 Å². The van der Waals surface area contributed by atoms with Crippen molar-refractivity contribution in [3.8, 4) is 5.75 Å². The maximum atomic E-state index is 13.2. The second kappa shape index (κ2) is 8.96. The number of anilines is 1. The number of aromatic nitrogens is 2. The highest BCUT2D eigenvalue weighted by Gasteiger charge is 2.27. The second-order valence-electron chi connectivity index (χ2n) is 9.99. The van der Waals surface area contributed by atoms with Crippen molar-refractivity contribution in [2.24, 2.45) is 0 Å². The lowest BCUT2D eigenvalue weighted by atomic mass is 9.95. The molecule has 4 aromatic carbocycles. The number of hydrogen-bond acceptors (Lipinski definition) is 4. The van der Waals surface area contributed by atoms with Gasteiger partial charge in [0, 0.05) is 35.8 Å². The molecule has 1 saturated heterocycles. The SMILES string of the molecule is O=C(c1ccc(N2COc3ccc4ccccc4c3C2)cc1)N1CCC(c2nc3ccccc3[nH]2)CC1. The lowest BCUT2D eigenvalue weighted by molar-refractivity contribution is 0.0711. The van der Waals surface area contributed by atoms with Gasteiger partial charge in [0.05, 0.1) is 17.6 Å². The molecule has 0 unspecified atom stereocenters. The lowest BCUT2D eigenvalue weighted by Crippen LogP contribution is -2.38. The number of fused-ring (bicyclic) bond motifs is 4. The van der Waals surface area contributed by atoms with E-state index in [9.17, 15) is 4.79 Å². The van der Waals surface area contributed by atoms with E-state index in [4.69, 9.17) is 9.72 Å². The maximum Gasteiger partial charge on any atom is 0.253 e. The van der Waals surface area contributed by atoms with Crippen molar-refractivity contribution in [2.45, 2.75) is 25.3 Å². The first-order valence-corrected chi connectivity index (χ1v) is 13.0. The summed E-state index contributed by atoms with van der Waals surface area (Å²) >= 11 is 0. The Balaban J connectivity index is 1.02. The number of imidazole rings is 1. The van der Waals surface area contributed by atoms with Crippen LogP contribution in [0.1, 0.15) is 40.5 Å². The van der Waals surface area contributed by atoms with Gasteiger partial charge in [-0.1, -0.05) is 42.5 Å². The Hall–Kier alpha value is -4.32. The van der Waals surface area contributed by atoms with Crippen LogP contribution in [0.25, 0.3) is 21.8 Å². The Labute approximate surface area is 215 Å². The summed E-state index contributed by atoms with van der Waals surface area (Å²) < 4.78 is 6.08. The molecule has 1 aromatic heterocycles. The van der Waals surface area contributed by atoms with Crippen molar-refractivity contribution in [1.29, 1.82) is 0 Å². The predicted octanol–water partition coefficient (Wildman–Crippen LogP) is 6.09. The largest absolute Gasteiger partial charge is 0.473 e. The first kappa shape index (κ1) is 21.9. The number of hydrogen-bond donors (Lipinski definition) is 1. The van der Waals surface area contributed by atoms with Crippen LogP contribution < -0.4 is 9.64 Å². The van der Waals surface area contributed by atoms with Gasteiger partial charge in [-0.25, -0.2) is 4.98 Å². The topological polar surface area (TPSA) is 61.5 Å². The average Bonchev–Trinajstić information content (AvgIpc) is 3.41. The summed E-state index contributed by atoms with van der Waals surface area (Å²) in [5, 5.41) is 2.44. The number of aromatic amines is 1. The van der Waals surface area contributed by atoms with E-state index >= 15 is 0 Å². The first-order valence-electron chi connectivity index (χ1n) is 13.0. The van der Waals surface area contributed by atoms with Crippen LogP contribution >= 0.6 is 0 Å². The van der Waals surface area contributed by atoms with Gasteiger partial charge in [0.25, 0.3) is 5.91 Å². The Morgan fingerprint density at radius 2 is 1.68 bits per heavy atom. The van der Waals surface area contributed by atoms with Crippen LogP contribution in [0.2, 0.25) is 0 Å². The molecular formula is C31H28N4O2. The highest BCUT2D eigenvalue weighted by molar-refractivity contribution is 5.94. The zero-order chi connectivity index (χ0) is 24.8. The van der Waals surface area contributed by atoms with Gasteiger partial charge in [-0.15, -0.1) is 0 Å². The highest BCUT2D eigenvalue weighted by Crippen LogP contribution is 2.34. The Kier molecular flexibility index (Phi) is 5.31. The highest BCUT2D eigenvalue weighted by atomic mass is 16.5. The quantitative estimate of drug-likeness (QED) is 0.334. The van der Waals surface area contributed by atoms with Gasteiger partial charge in [0.2, 0.25) is 0 Å². The number of rotatable bonds is 3. The normalized spacial score (nSPS) is 16.1. The van der Waals surface area contributed by atoms with E-state index in [1.807, 2.05) is 47.4 Å². The molecule has 184 valence electrons. The molecule has 0 radical (unpaired) electrons. The fourth-order valence-corrected chi connectivity index (χ4v) is 5.68. The minimum Gasteiger partial charge on any atom is -0.473 e. The van der Waals surface area contributed by atoms with Crippen molar-refractivity contribution in [2.75, 3.05) is 24.7 Å². The summed E-state index contributed by atoms with van der Waals surface area (Å²) in [5.74, 6) is 2.45. The molecule has 0 saturated carbocycles. The third-order valence-corrected chi connectivity index (χ3v) is 7.78. The predicted molar refractivity (Wildman–Crippen MR) is 146 cm³/mol. The summed E-state index contributed by atoms with van der Waals surface area (Å²) in [6.07, 6.45) is 1.84. The number of H-pyrrole nitrogens is 1.